The first kappa shape index (κ1) is 22.4. The summed E-state index contributed by atoms with van der Waals surface area (Å²) >= 11 is 6.87. The van der Waals surface area contributed by atoms with E-state index in [0.717, 1.165) is 4.88 Å². The van der Waals surface area contributed by atoms with Crippen LogP contribution < -0.4 is 15.4 Å². The van der Waals surface area contributed by atoms with Gasteiger partial charge in [-0.15, -0.1) is 11.3 Å². The van der Waals surface area contributed by atoms with E-state index in [-0.39, 0.29) is 11.8 Å². The van der Waals surface area contributed by atoms with Crippen LogP contribution in [0.4, 0.5) is 11.4 Å². The lowest BCUT2D eigenvalue weighted by Gasteiger charge is -2.17. The minimum atomic E-state index is -0.664. The first-order chi connectivity index (χ1) is 16.0. The zero-order chi connectivity index (χ0) is 23.4. The first-order valence-corrected chi connectivity index (χ1v) is 11.3. The standard InChI is InChI=1S/C23H21N5O3S2/c1-14(28-20(26-27-23(28)32)19-11-6-12-33-19)21(29)25-18-10-4-3-9-17(18)22(30)24-15-7-5-8-16(13-15)31-2/h3-14H,1-2H3,(H,24,30)(H,25,29)(H,27,32). The number of hydrogen-bond donors (Lipinski definition) is 3. The average Bonchev–Trinajstić information content (AvgIpc) is 3.48. The number of rotatable bonds is 7. The molecule has 0 saturated carbocycles. The molecule has 2 aromatic carbocycles. The van der Waals surface area contributed by atoms with Crippen molar-refractivity contribution in [3.63, 3.8) is 0 Å². The number of thiophene rings is 1. The number of para-hydroxylation sites is 1. The highest BCUT2D eigenvalue weighted by Gasteiger charge is 2.23. The van der Waals surface area contributed by atoms with Crippen LogP contribution >= 0.6 is 23.6 Å². The second-order valence-electron chi connectivity index (χ2n) is 7.10. The number of methoxy groups -OCH3 is 1. The van der Waals surface area contributed by atoms with Crippen molar-refractivity contribution in [2.24, 2.45) is 0 Å². The van der Waals surface area contributed by atoms with Gasteiger partial charge in [-0.05, 0) is 54.9 Å². The Morgan fingerprint density at radius 1 is 1.12 bits per heavy atom. The zero-order valence-corrected chi connectivity index (χ0v) is 19.5. The van der Waals surface area contributed by atoms with Gasteiger partial charge in [0.1, 0.15) is 11.8 Å². The summed E-state index contributed by atoms with van der Waals surface area (Å²) in [4.78, 5) is 27.0. The highest BCUT2D eigenvalue weighted by molar-refractivity contribution is 7.71. The van der Waals surface area contributed by atoms with Gasteiger partial charge in [0.15, 0.2) is 10.6 Å². The molecule has 0 aliphatic rings. The van der Waals surface area contributed by atoms with Crippen LogP contribution in [0.25, 0.3) is 10.7 Å². The third kappa shape index (κ3) is 4.86. The van der Waals surface area contributed by atoms with E-state index in [0.29, 0.717) is 33.3 Å². The second-order valence-corrected chi connectivity index (χ2v) is 8.43. The molecule has 2 amide bonds. The number of amides is 2. The van der Waals surface area contributed by atoms with Gasteiger partial charge < -0.3 is 15.4 Å². The van der Waals surface area contributed by atoms with E-state index < -0.39 is 6.04 Å². The Morgan fingerprint density at radius 2 is 1.94 bits per heavy atom. The normalized spacial score (nSPS) is 11.6. The fourth-order valence-electron chi connectivity index (χ4n) is 3.29. The lowest BCUT2D eigenvalue weighted by atomic mass is 10.1. The van der Waals surface area contributed by atoms with E-state index in [2.05, 4.69) is 20.8 Å². The molecule has 1 unspecified atom stereocenters. The van der Waals surface area contributed by atoms with E-state index in [9.17, 15) is 9.59 Å². The third-order valence-electron chi connectivity index (χ3n) is 4.97. The predicted molar refractivity (Wildman–Crippen MR) is 131 cm³/mol. The highest BCUT2D eigenvalue weighted by Crippen LogP contribution is 2.27. The van der Waals surface area contributed by atoms with E-state index in [1.165, 1.54) is 11.3 Å². The molecule has 10 heteroatoms. The number of hydrogen-bond acceptors (Lipinski definition) is 6. The smallest absolute Gasteiger partial charge is 0.257 e. The van der Waals surface area contributed by atoms with Crippen LogP contribution in [0.3, 0.4) is 0 Å². The number of nitrogens with zero attached hydrogens (tertiary/aromatic N) is 2. The molecule has 0 bridgehead atoms. The number of anilines is 2. The Labute approximate surface area is 199 Å². The number of ether oxygens (including phenoxy) is 1. The number of aromatic amines is 1. The molecule has 0 aliphatic carbocycles. The SMILES string of the molecule is COc1cccc(NC(=O)c2ccccc2NC(=O)C(C)n2c(-c3cccs3)n[nH]c2=S)c1. The van der Waals surface area contributed by atoms with Gasteiger partial charge in [-0.3, -0.25) is 19.3 Å². The van der Waals surface area contributed by atoms with Gasteiger partial charge in [-0.1, -0.05) is 24.3 Å². The maximum atomic E-state index is 13.1. The fourth-order valence-corrected chi connectivity index (χ4v) is 4.29. The number of benzene rings is 2. The summed E-state index contributed by atoms with van der Waals surface area (Å²) in [5.74, 6) is 0.529. The minimum Gasteiger partial charge on any atom is -0.497 e. The number of nitrogens with one attached hydrogen (secondary N) is 3. The molecule has 0 radical (unpaired) electrons. The van der Waals surface area contributed by atoms with E-state index in [4.69, 9.17) is 17.0 Å². The van der Waals surface area contributed by atoms with Crippen LogP contribution in [0.5, 0.6) is 5.75 Å². The minimum absolute atomic E-state index is 0.327. The Kier molecular flexibility index (Phi) is 6.66. The third-order valence-corrected chi connectivity index (χ3v) is 6.12. The van der Waals surface area contributed by atoms with Crippen molar-refractivity contribution in [3.8, 4) is 16.5 Å². The van der Waals surface area contributed by atoms with Crippen molar-refractivity contribution >= 4 is 46.7 Å². The van der Waals surface area contributed by atoms with Crippen LogP contribution in [0.1, 0.15) is 23.3 Å². The molecule has 0 fully saturated rings. The Balaban J connectivity index is 1.56. The van der Waals surface area contributed by atoms with Crippen molar-refractivity contribution in [2.75, 3.05) is 17.7 Å². The highest BCUT2D eigenvalue weighted by atomic mass is 32.1. The Morgan fingerprint density at radius 3 is 2.70 bits per heavy atom. The van der Waals surface area contributed by atoms with Crippen molar-refractivity contribution in [3.05, 3.63) is 76.4 Å². The molecule has 4 aromatic rings. The van der Waals surface area contributed by atoms with Crippen molar-refractivity contribution in [1.29, 1.82) is 0 Å². The molecule has 0 saturated heterocycles. The number of carbonyl (C=O) groups excluding carboxylic acids is 2. The molecule has 1 atom stereocenters. The summed E-state index contributed by atoms with van der Waals surface area (Å²) in [7, 11) is 1.56. The maximum Gasteiger partial charge on any atom is 0.257 e. The van der Waals surface area contributed by atoms with Crippen LogP contribution in [0.15, 0.2) is 66.0 Å². The van der Waals surface area contributed by atoms with Gasteiger partial charge in [-0.25, -0.2) is 0 Å². The summed E-state index contributed by atoms with van der Waals surface area (Å²) in [5.41, 5.74) is 1.30. The van der Waals surface area contributed by atoms with Crippen molar-refractivity contribution < 1.29 is 14.3 Å². The zero-order valence-electron chi connectivity index (χ0n) is 17.9. The lowest BCUT2D eigenvalue weighted by molar-refractivity contribution is -0.118. The molecule has 0 spiro atoms. The maximum absolute atomic E-state index is 13.1. The number of carbonyl (C=O) groups is 2. The van der Waals surface area contributed by atoms with Crippen LogP contribution in [-0.2, 0) is 4.79 Å². The van der Waals surface area contributed by atoms with E-state index in [1.807, 2.05) is 17.5 Å². The molecular formula is C23H21N5O3S2. The summed E-state index contributed by atoms with van der Waals surface area (Å²) in [6.07, 6.45) is 0. The predicted octanol–water partition coefficient (Wildman–Crippen LogP) is 5.13. The fraction of sp³-hybridized carbons (Fsp3) is 0.130. The molecule has 2 heterocycles. The summed E-state index contributed by atoms with van der Waals surface area (Å²) < 4.78 is 7.20. The summed E-state index contributed by atoms with van der Waals surface area (Å²) in [5, 5.41) is 14.7. The second kappa shape index (κ2) is 9.80. The van der Waals surface area contributed by atoms with E-state index in [1.54, 1.807) is 67.1 Å². The molecule has 3 N–H and O–H groups in total. The molecule has 2 aromatic heterocycles. The van der Waals surface area contributed by atoms with Crippen LogP contribution in [0, 0.1) is 4.77 Å². The first-order valence-electron chi connectivity index (χ1n) is 10.0. The monoisotopic (exact) mass is 479 g/mol. The number of H-pyrrole nitrogens is 1. The quantitative estimate of drug-likeness (QED) is 0.319. The summed E-state index contributed by atoms with van der Waals surface area (Å²) in [6.45, 7) is 1.73. The van der Waals surface area contributed by atoms with Gasteiger partial charge in [-0.2, -0.15) is 5.10 Å². The van der Waals surface area contributed by atoms with Gasteiger partial charge in [0.05, 0.1) is 23.2 Å². The molecule has 168 valence electrons. The molecule has 8 nitrogen and oxygen atoms in total. The Hall–Kier alpha value is -3.76. The molecule has 4 rings (SSSR count). The van der Waals surface area contributed by atoms with Gasteiger partial charge >= 0.3 is 0 Å². The molecular weight excluding hydrogens is 458 g/mol. The van der Waals surface area contributed by atoms with Crippen LogP contribution in [-0.4, -0.2) is 33.7 Å². The molecule has 0 aliphatic heterocycles. The van der Waals surface area contributed by atoms with Gasteiger partial charge in [0.2, 0.25) is 5.91 Å². The molecule has 33 heavy (non-hydrogen) atoms. The topological polar surface area (TPSA) is 101 Å². The lowest BCUT2D eigenvalue weighted by Crippen LogP contribution is -2.26. The van der Waals surface area contributed by atoms with Gasteiger partial charge in [0.25, 0.3) is 5.91 Å². The average molecular weight is 480 g/mol. The largest absolute Gasteiger partial charge is 0.497 e. The van der Waals surface area contributed by atoms with Crippen molar-refractivity contribution in [2.45, 2.75) is 13.0 Å². The van der Waals surface area contributed by atoms with E-state index >= 15 is 0 Å². The van der Waals surface area contributed by atoms with Crippen molar-refractivity contribution in [1.82, 2.24) is 14.8 Å². The number of aromatic nitrogens is 3. The summed E-state index contributed by atoms with van der Waals surface area (Å²) in [6, 6.07) is 17.0. The Bertz CT molecular complexity index is 1340. The van der Waals surface area contributed by atoms with Crippen LogP contribution in [0.2, 0.25) is 0 Å². The van der Waals surface area contributed by atoms with Gasteiger partial charge in [0, 0.05) is 11.8 Å².